The van der Waals surface area contributed by atoms with Gasteiger partial charge in [0.1, 0.15) is 5.75 Å². The quantitative estimate of drug-likeness (QED) is 0.862. The summed E-state index contributed by atoms with van der Waals surface area (Å²) in [6.07, 6.45) is 0.383. The first kappa shape index (κ1) is 16.8. The molecule has 4 heteroatoms. The molecule has 1 saturated heterocycles. The number of rotatable bonds is 3. The highest BCUT2D eigenvalue weighted by atomic mass is 16.5. The van der Waals surface area contributed by atoms with E-state index in [4.69, 9.17) is 9.47 Å². The van der Waals surface area contributed by atoms with E-state index in [2.05, 4.69) is 39.8 Å². The van der Waals surface area contributed by atoms with Gasteiger partial charge >= 0.3 is 0 Å². The molecule has 0 radical (unpaired) electrons. The maximum absolute atomic E-state index is 12.5. The first-order valence-corrected chi connectivity index (χ1v) is 7.86. The summed E-state index contributed by atoms with van der Waals surface area (Å²) in [4.78, 5) is 14.4. The second kappa shape index (κ2) is 6.69. The van der Waals surface area contributed by atoms with Crippen molar-refractivity contribution in [2.75, 3.05) is 33.4 Å². The van der Waals surface area contributed by atoms with E-state index in [9.17, 15) is 4.79 Å². The van der Waals surface area contributed by atoms with E-state index in [1.54, 1.807) is 7.11 Å². The van der Waals surface area contributed by atoms with Crippen LogP contribution in [0.2, 0.25) is 0 Å². The second-order valence-corrected chi connectivity index (χ2v) is 6.92. The lowest BCUT2D eigenvalue weighted by Gasteiger charge is -2.28. The molecule has 0 aliphatic carbocycles. The van der Waals surface area contributed by atoms with E-state index in [1.807, 2.05) is 4.90 Å². The molecule has 0 atom stereocenters. The van der Waals surface area contributed by atoms with Gasteiger partial charge in [-0.2, -0.15) is 0 Å². The van der Waals surface area contributed by atoms with E-state index in [-0.39, 0.29) is 11.3 Å². The van der Waals surface area contributed by atoms with Crippen molar-refractivity contribution in [2.45, 2.75) is 39.5 Å². The van der Waals surface area contributed by atoms with E-state index in [0.29, 0.717) is 32.7 Å². The number of hydrogen-bond acceptors (Lipinski definition) is 3. The number of amides is 1. The molecule has 122 valence electrons. The van der Waals surface area contributed by atoms with Crippen molar-refractivity contribution in [2.24, 2.45) is 0 Å². The van der Waals surface area contributed by atoms with Crippen LogP contribution in [0.4, 0.5) is 0 Å². The van der Waals surface area contributed by atoms with Crippen molar-refractivity contribution in [3.63, 3.8) is 0 Å². The lowest BCUT2D eigenvalue weighted by Crippen LogP contribution is -2.41. The number of carbonyl (C=O) groups excluding carboxylic acids is 1. The summed E-state index contributed by atoms with van der Waals surface area (Å²) in [7, 11) is 1.68. The summed E-state index contributed by atoms with van der Waals surface area (Å²) < 4.78 is 11.0. The SMILES string of the molecule is COc1c(CC(=O)N2CCOCC2)cc(C)cc1C(C)(C)C. The summed E-state index contributed by atoms with van der Waals surface area (Å²) in [6, 6.07) is 4.22. The molecule has 1 heterocycles. The number of methoxy groups -OCH3 is 1. The summed E-state index contributed by atoms with van der Waals surface area (Å²) in [5, 5.41) is 0. The predicted molar refractivity (Wildman–Crippen MR) is 87.5 cm³/mol. The number of benzene rings is 1. The van der Waals surface area contributed by atoms with Gasteiger partial charge in [0.15, 0.2) is 0 Å². The molecule has 1 amide bonds. The zero-order valence-corrected chi connectivity index (χ0v) is 14.4. The first-order valence-electron chi connectivity index (χ1n) is 7.86. The fourth-order valence-electron chi connectivity index (χ4n) is 2.87. The minimum absolute atomic E-state index is 0.0197. The maximum Gasteiger partial charge on any atom is 0.227 e. The van der Waals surface area contributed by atoms with Gasteiger partial charge < -0.3 is 14.4 Å². The third-order valence-corrected chi connectivity index (χ3v) is 4.03. The Labute approximate surface area is 133 Å². The van der Waals surface area contributed by atoms with Crippen molar-refractivity contribution < 1.29 is 14.3 Å². The van der Waals surface area contributed by atoms with Gasteiger partial charge in [-0.25, -0.2) is 0 Å². The molecule has 0 bridgehead atoms. The predicted octanol–water partition coefficient (Wildman–Crippen LogP) is 2.70. The molecule has 2 rings (SSSR count). The van der Waals surface area contributed by atoms with Crippen LogP contribution in [0.3, 0.4) is 0 Å². The topological polar surface area (TPSA) is 38.8 Å². The Morgan fingerprint density at radius 1 is 1.27 bits per heavy atom. The molecule has 1 aliphatic heterocycles. The van der Waals surface area contributed by atoms with Gasteiger partial charge in [0, 0.05) is 24.2 Å². The Morgan fingerprint density at radius 3 is 2.45 bits per heavy atom. The molecule has 22 heavy (non-hydrogen) atoms. The first-order chi connectivity index (χ1) is 10.3. The van der Waals surface area contributed by atoms with Crippen LogP contribution in [-0.2, 0) is 21.4 Å². The molecule has 1 aromatic carbocycles. The number of nitrogens with zero attached hydrogens (tertiary/aromatic N) is 1. The number of ether oxygens (including phenoxy) is 2. The molecule has 0 N–H and O–H groups in total. The Balaban J connectivity index is 2.29. The Morgan fingerprint density at radius 2 is 1.91 bits per heavy atom. The summed E-state index contributed by atoms with van der Waals surface area (Å²) in [6.45, 7) is 11.2. The highest BCUT2D eigenvalue weighted by molar-refractivity contribution is 5.80. The lowest BCUT2D eigenvalue weighted by atomic mass is 9.83. The van der Waals surface area contributed by atoms with Crippen molar-refractivity contribution in [1.29, 1.82) is 0 Å². The van der Waals surface area contributed by atoms with E-state index >= 15 is 0 Å². The van der Waals surface area contributed by atoms with Crippen molar-refractivity contribution in [1.82, 2.24) is 4.90 Å². The van der Waals surface area contributed by atoms with Gasteiger partial charge in [0.2, 0.25) is 5.91 Å². The third kappa shape index (κ3) is 3.80. The van der Waals surface area contributed by atoms with Crippen molar-refractivity contribution in [3.05, 3.63) is 28.8 Å². The average molecular weight is 305 g/mol. The molecule has 4 nitrogen and oxygen atoms in total. The summed E-state index contributed by atoms with van der Waals surface area (Å²) in [5.74, 6) is 0.992. The zero-order valence-electron chi connectivity index (χ0n) is 14.4. The standard InChI is InChI=1S/C18H27NO3/c1-13-10-14(12-16(20)19-6-8-22-9-7-19)17(21-5)15(11-13)18(2,3)4/h10-11H,6-9,12H2,1-5H3. The van der Waals surface area contributed by atoms with Gasteiger partial charge in [-0.1, -0.05) is 38.5 Å². The fourth-order valence-corrected chi connectivity index (χ4v) is 2.87. The molecular weight excluding hydrogens is 278 g/mol. The van der Waals surface area contributed by atoms with Crippen LogP contribution in [0.5, 0.6) is 5.75 Å². The van der Waals surface area contributed by atoms with Gasteiger partial charge in [0.05, 0.1) is 26.7 Å². The zero-order chi connectivity index (χ0) is 16.3. The Hall–Kier alpha value is -1.55. The minimum atomic E-state index is -0.0197. The largest absolute Gasteiger partial charge is 0.496 e. The fraction of sp³-hybridized carbons (Fsp3) is 0.611. The van der Waals surface area contributed by atoms with E-state index < -0.39 is 0 Å². The normalized spacial score (nSPS) is 15.8. The van der Waals surface area contributed by atoms with Crippen molar-refractivity contribution in [3.8, 4) is 5.75 Å². The van der Waals surface area contributed by atoms with Crippen molar-refractivity contribution >= 4 is 5.91 Å². The van der Waals surface area contributed by atoms with Crippen LogP contribution in [0.1, 0.15) is 37.5 Å². The second-order valence-electron chi connectivity index (χ2n) is 6.92. The molecule has 0 spiro atoms. The lowest BCUT2D eigenvalue weighted by molar-refractivity contribution is -0.134. The Bertz CT molecular complexity index is 540. The Kier molecular flexibility index (Phi) is 5.12. The molecule has 0 unspecified atom stereocenters. The van der Waals surface area contributed by atoms with Crippen LogP contribution in [-0.4, -0.2) is 44.2 Å². The van der Waals surface area contributed by atoms with E-state index in [0.717, 1.165) is 22.4 Å². The molecule has 1 aliphatic rings. The van der Waals surface area contributed by atoms with Crippen LogP contribution in [0, 0.1) is 6.92 Å². The van der Waals surface area contributed by atoms with Gasteiger partial charge in [0.25, 0.3) is 0 Å². The number of morpholine rings is 1. The maximum atomic E-state index is 12.5. The third-order valence-electron chi connectivity index (χ3n) is 4.03. The van der Waals surface area contributed by atoms with E-state index in [1.165, 1.54) is 0 Å². The minimum Gasteiger partial charge on any atom is -0.496 e. The van der Waals surface area contributed by atoms with Gasteiger partial charge in [-0.15, -0.1) is 0 Å². The smallest absolute Gasteiger partial charge is 0.227 e. The average Bonchev–Trinajstić information content (AvgIpc) is 2.46. The molecule has 1 fully saturated rings. The van der Waals surface area contributed by atoms with Crippen LogP contribution < -0.4 is 4.74 Å². The number of carbonyl (C=O) groups is 1. The number of aryl methyl sites for hydroxylation is 1. The van der Waals surface area contributed by atoms with Gasteiger partial charge in [-0.3, -0.25) is 4.79 Å². The molecule has 1 aromatic rings. The van der Waals surface area contributed by atoms with Crippen LogP contribution >= 0.6 is 0 Å². The number of hydrogen-bond donors (Lipinski definition) is 0. The van der Waals surface area contributed by atoms with Crippen LogP contribution in [0.15, 0.2) is 12.1 Å². The monoisotopic (exact) mass is 305 g/mol. The molecule has 0 aromatic heterocycles. The van der Waals surface area contributed by atoms with Crippen LogP contribution in [0.25, 0.3) is 0 Å². The molecule has 0 saturated carbocycles. The highest BCUT2D eigenvalue weighted by Crippen LogP contribution is 2.35. The summed E-state index contributed by atoms with van der Waals surface area (Å²) >= 11 is 0. The molecular formula is C18H27NO3. The summed E-state index contributed by atoms with van der Waals surface area (Å²) in [5.41, 5.74) is 3.27. The highest BCUT2D eigenvalue weighted by Gasteiger charge is 2.24. The van der Waals surface area contributed by atoms with Gasteiger partial charge in [-0.05, 0) is 12.3 Å².